The Morgan fingerprint density at radius 2 is 1.46 bits per heavy atom. The summed E-state index contributed by atoms with van der Waals surface area (Å²) in [5, 5.41) is 0. The fourth-order valence-electron chi connectivity index (χ4n) is 2.73. The van der Waals surface area contributed by atoms with Crippen LogP contribution in [0.15, 0.2) is 18.2 Å². The van der Waals surface area contributed by atoms with Crippen molar-refractivity contribution in [2.75, 3.05) is 28.4 Å². The Morgan fingerprint density at radius 3 is 2.04 bits per heavy atom. The third kappa shape index (κ3) is 2.55. The summed E-state index contributed by atoms with van der Waals surface area (Å²) in [6.45, 7) is 0. The van der Waals surface area contributed by atoms with Crippen LogP contribution in [0.3, 0.4) is 0 Å². The van der Waals surface area contributed by atoms with E-state index in [2.05, 4.69) is 9.97 Å². The summed E-state index contributed by atoms with van der Waals surface area (Å²) < 4.78 is 20.7. The standard InChI is InChI=1S/C18H16N2O6/c1-23-11-6-5-9(18(22)26-4)14-16(11)20-15-10(8-21)12(24-2)7-13(25-3)17(15)19-14/h5-8H,1-4H3. The molecule has 0 amide bonds. The lowest BCUT2D eigenvalue weighted by molar-refractivity contribution is 0.0602. The highest BCUT2D eigenvalue weighted by molar-refractivity contribution is 6.08. The average molecular weight is 356 g/mol. The molecule has 0 spiro atoms. The van der Waals surface area contributed by atoms with Crippen molar-refractivity contribution in [1.82, 2.24) is 9.97 Å². The molecule has 134 valence electrons. The summed E-state index contributed by atoms with van der Waals surface area (Å²) in [6, 6.07) is 4.68. The van der Waals surface area contributed by atoms with E-state index in [0.29, 0.717) is 34.6 Å². The zero-order valence-corrected chi connectivity index (χ0v) is 14.7. The van der Waals surface area contributed by atoms with Crippen LogP contribution in [-0.2, 0) is 4.74 Å². The largest absolute Gasteiger partial charge is 0.496 e. The highest BCUT2D eigenvalue weighted by Crippen LogP contribution is 2.36. The van der Waals surface area contributed by atoms with Crippen LogP contribution in [-0.4, -0.2) is 50.7 Å². The summed E-state index contributed by atoms with van der Waals surface area (Å²) in [6.07, 6.45) is 0.637. The number of methoxy groups -OCH3 is 4. The van der Waals surface area contributed by atoms with Crippen LogP contribution in [0, 0.1) is 0 Å². The van der Waals surface area contributed by atoms with Crippen LogP contribution < -0.4 is 14.2 Å². The molecule has 8 heteroatoms. The van der Waals surface area contributed by atoms with Gasteiger partial charge in [-0.3, -0.25) is 4.79 Å². The van der Waals surface area contributed by atoms with Crippen molar-refractivity contribution >= 4 is 34.3 Å². The molecule has 0 aliphatic heterocycles. The van der Waals surface area contributed by atoms with E-state index in [9.17, 15) is 9.59 Å². The Hall–Kier alpha value is -3.42. The zero-order chi connectivity index (χ0) is 18.8. The third-order valence-electron chi connectivity index (χ3n) is 3.98. The molecule has 0 saturated heterocycles. The van der Waals surface area contributed by atoms with Gasteiger partial charge in [-0.2, -0.15) is 0 Å². The molecule has 0 unspecified atom stereocenters. The predicted octanol–water partition coefficient (Wildman–Crippen LogP) is 2.41. The number of esters is 1. The number of aromatic nitrogens is 2. The molecule has 0 radical (unpaired) electrons. The first-order valence-corrected chi connectivity index (χ1v) is 7.56. The third-order valence-corrected chi connectivity index (χ3v) is 3.98. The highest BCUT2D eigenvalue weighted by Gasteiger charge is 2.21. The number of fused-ring (bicyclic) bond motifs is 2. The number of aldehydes is 1. The second-order valence-corrected chi connectivity index (χ2v) is 5.24. The van der Waals surface area contributed by atoms with Crippen molar-refractivity contribution in [2.45, 2.75) is 0 Å². The van der Waals surface area contributed by atoms with Gasteiger partial charge in [0.2, 0.25) is 0 Å². The summed E-state index contributed by atoms with van der Waals surface area (Å²) in [5.74, 6) is 0.506. The number of nitrogens with zero attached hydrogens (tertiary/aromatic N) is 2. The van der Waals surface area contributed by atoms with Crippen molar-refractivity contribution in [1.29, 1.82) is 0 Å². The van der Waals surface area contributed by atoms with Crippen molar-refractivity contribution in [2.24, 2.45) is 0 Å². The van der Waals surface area contributed by atoms with Gasteiger partial charge >= 0.3 is 5.97 Å². The maximum atomic E-state index is 12.1. The van der Waals surface area contributed by atoms with Crippen LogP contribution in [0.2, 0.25) is 0 Å². The van der Waals surface area contributed by atoms with E-state index < -0.39 is 5.97 Å². The maximum Gasteiger partial charge on any atom is 0.340 e. The number of hydrogen-bond donors (Lipinski definition) is 0. The first-order chi connectivity index (χ1) is 12.6. The first-order valence-electron chi connectivity index (χ1n) is 7.56. The molecule has 0 fully saturated rings. The highest BCUT2D eigenvalue weighted by atomic mass is 16.5. The van der Waals surface area contributed by atoms with E-state index in [1.807, 2.05) is 0 Å². The van der Waals surface area contributed by atoms with Gasteiger partial charge in [-0.15, -0.1) is 0 Å². The maximum absolute atomic E-state index is 12.1. The van der Waals surface area contributed by atoms with Crippen LogP contribution in [0.25, 0.3) is 22.1 Å². The molecule has 0 N–H and O–H groups in total. The number of rotatable bonds is 5. The monoisotopic (exact) mass is 356 g/mol. The van der Waals surface area contributed by atoms with E-state index in [-0.39, 0.29) is 22.2 Å². The number of carbonyl (C=O) groups is 2. The van der Waals surface area contributed by atoms with Crippen LogP contribution in [0.5, 0.6) is 17.2 Å². The van der Waals surface area contributed by atoms with Gasteiger partial charge in [0.1, 0.15) is 39.3 Å². The Morgan fingerprint density at radius 1 is 0.846 bits per heavy atom. The lowest BCUT2D eigenvalue weighted by Crippen LogP contribution is -2.06. The van der Waals surface area contributed by atoms with E-state index in [4.69, 9.17) is 18.9 Å². The minimum atomic E-state index is -0.561. The van der Waals surface area contributed by atoms with Gasteiger partial charge in [-0.25, -0.2) is 14.8 Å². The molecule has 0 aliphatic rings. The van der Waals surface area contributed by atoms with Gasteiger partial charge in [0.05, 0.1) is 39.6 Å². The summed E-state index contributed by atoms with van der Waals surface area (Å²) in [4.78, 5) is 32.8. The summed E-state index contributed by atoms with van der Waals surface area (Å²) in [7, 11) is 5.67. The fourth-order valence-corrected chi connectivity index (χ4v) is 2.73. The van der Waals surface area contributed by atoms with Gasteiger partial charge in [0.25, 0.3) is 0 Å². The molecule has 1 aromatic heterocycles. The van der Waals surface area contributed by atoms with Gasteiger partial charge < -0.3 is 18.9 Å². The van der Waals surface area contributed by atoms with Gasteiger partial charge in [-0.05, 0) is 12.1 Å². The van der Waals surface area contributed by atoms with Crippen LogP contribution >= 0.6 is 0 Å². The minimum absolute atomic E-state index is 0.225. The van der Waals surface area contributed by atoms with E-state index in [0.717, 1.165) is 0 Å². The SMILES string of the molecule is COC(=O)c1ccc(OC)c2nc3c(C=O)c(OC)cc(OC)c3nc12. The van der Waals surface area contributed by atoms with Gasteiger partial charge in [0, 0.05) is 6.07 Å². The normalized spacial score (nSPS) is 10.6. The zero-order valence-electron chi connectivity index (χ0n) is 14.7. The molecule has 0 atom stereocenters. The Bertz CT molecular complexity index is 1030. The molecule has 0 bridgehead atoms. The molecule has 2 aromatic carbocycles. The van der Waals surface area contributed by atoms with Crippen molar-refractivity contribution < 1.29 is 28.5 Å². The van der Waals surface area contributed by atoms with E-state index in [1.165, 1.54) is 28.4 Å². The molecule has 1 heterocycles. The number of benzene rings is 2. The van der Waals surface area contributed by atoms with Crippen molar-refractivity contribution in [3.05, 3.63) is 29.3 Å². The minimum Gasteiger partial charge on any atom is -0.496 e. The second kappa shape index (κ2) is 6.83. The fraction of sp³-hybridized carbons (Fsp3) is 0.222. The average Bonchev–Trinajstić information content (AvgIpc) is 2.69. The number of ether oxygens (including phenoxy) is 4. The van der Waals surface area contributed by atoms with E-state index >= 15 is 0 Å². The molecular weight excluding hydrogens is 340 g/mol. The summed E-state index contributed by atoms with van der Waals surface area (Å²) in [5.41, 5.74) is 1.65. The first kappa shape index (κ1) is 17.4. The Kier molecular flexibility index (Phi) is 4.57. The lowest BCUT2D eigenvalue weighted by Gasteiger charge is -2.13. The van der Waals surface area contributed by atoms with Gasteiger partial charge in [-0.1, -0.05) is 0 Å². The van der Waals surface area contributed by atoms with Crippen molar-refractivity contribution in [3.63, 3.8) is 0 Å². The molecule has 3 rings (SSSR count). The van der Waals surface area contributed by atoms with E-state index in [1.54, 1.807) is 18.2 Å². The molecule has 8 nitrogen and oxygen atoms in total. The topological polar surface area (TPSA) is 96.8 Å². The molecule has 3 aromatic rings. The number of carbonyl (C=O) groups excluding carboxylic acids is 2. The van der Waals surface area contributed by atoms with Crippen LogP contribution in [0.4, 0.5) is 0 Å². The molecular formula is C18H16N2O6. The molecule has 0 aliphatic carbocycles. The second-order valence-electron chi connectivity index (χ2n) is 5.24. The smallest absolute Gasteiger partial charge is 0.340 e. The quantitative estimate of drug-likeness (QED) is 0.391. The van der Waals surface area contributed by atoms with Crippen LogP contribution in [0.1, 0.15) is 20.7 Å². The summed E-state index contributed by atoms with van der Waals surface area (Å²) >= 11 is 0. The Labute approximate surface area is 148 Å². The number of hydrogen-bond acceptors (Lipinski definition) is 8. The predicted molar refractivity (Wildman–Crippen MR) is 93.4 cm³/mol. The van der Waals surface area contributed by atoms with Gasteiger partial charge in [0.15, 0.2) is 6.29 Å². The van der Waals surface area contributed by atoms with Crippen molar-refractivity contribution in [3.8, 4) is 17.2 Å². The lowest BCUT2D eigenvalue weighted by atomic mass is 10.1. The molecule has 0 saturated carbocycles. The molecule has 26 heavy (non-hydrogen) atoms. The Balaban J connectivity index is 2.54.